The van der Waals surface area contributed by atoms with Gasteiger partial charge in [-0.05, 0) is 36.4 Å². The van der Waals surface area contributed by atoms with Gasteiger partial charge in [0.1, 0.15) is 11.4 Å². The van der Waals surface area contributed by atoms with Crippen LogP contribution in [-0.4, -0.2) is 18.0 Å². The number of amides is 1. The van der Waals surface area contributed by atoms with Crippen LogP contribution < -0.4 is 15.4 Å². The second-order valence-electron chi connectivity index (χ2n) is 5.31. The summed E-state index contributed by atoms with van der Waals surface area (Å²) in [4.78, 5) is 16.6. The van der Waals surface area contributed by atoms with Gasteiger partial charge in [-0.15, -0.1) is 0 Å². The first-order valence-corrected chi connectivity index (χ1v) is 8.45. The number of carbonyl (C=O) groups excluding carboxylic acids is 1. The third kappa shape index (κ3) is 4.07. The molecule has 26 heavy (non-hydrogen) atoms. The average Bonchev–Trinajstić information content (AvgIpc) is 2.65. The first-order valence-electron chi connectivity index (χ1n) is 7.70. The van der Waals surface area contributed by atoms with E-state index in [1.54, 1.807) is 43.6 Å². The van der Waals surface area contributed by atoms with E-state index in [1.807, 2.05) is 24.3 Å². The van der Waals surface area contributed by atoms with Crippen molar-refractivity contribution in [2.45, 2.75) is 0 Å². The van der Waals surface area contributed by atoms with Gasteiger partial charge < -0.3 is 15.4 Å². The number of nitrogens with one attached hydrogen (secondary N) is 2. The van der Waals surface area contributed by atoms with Crippen LogP contribution in [0.15, 0.2) is 60.8 Å². The lowest BCUT2D eigenvalue weighted by Crippen LogP contribution is -2.14. The van der Waals surface area contributed by atoms with Crippen molar-refractivity contribution in [1.29, 1.82) is 0 Å². The summed E-state index contributed by atoms with van der Waals surface area (Å²) in [6.45, 7) is 0. The average molecular weight is 388 g/mol. The number of benzene rings is 2. The normalized spacial score (nSPS) is 10.3. The SMILES string of the molecule is COc1ccccc1Nc1ccnc(C(=O)Nc2c(Cl)cccc2Cl)c1. The highest BCUT2D eigenvalue weighted by atomic mass is 35.5. The minimum absolute atomic E-state index is 0.223. The smallest absolute Gasteiger partial charge is 0.274 e. The van der Waals surface area contributed by atoms with Crippen LogP contribution in [0.4, 0.5) is 17.1 Å². The molecule has 0 aliphatic rings. The maximum absolute atomic E-state index is 12.5. The zero-order valence-corrected chi connectivity index (χ0v) is 15.3. The number of rotatable bonds is 5. The molecule has 0 fully saturated rings. The summed E-state index contributed by atoms with van der Waals surface area (Å²) in [5.74, 6) is 0.279. The number of aromatic nitrogens is 1. The first kappa shape index (κ1) is 18.0. The fourth-order valence-electron chi connectivity index (χ4n) is 2.33. The number of methoxy groups -OCH3 is 1. The number of carbonyl (C=O) groups is 1. The third-order valence-corrected chi connectivity index (χ3v) is 4.21. The summed E-state index contributed by atoms with van der Waals surface area (Å²) in [7, 11) is 1.60. The second kappa shape index (κ2) is 8.08. The highest BCUT2D eigenvalue weighted by Gasteiger charge is 2.13. The first-order chi connectivity index (χ1) is 12.6. The van der Waals surface area contributed by atoms with Gasteiger partial charge in [0.2, 0.25) is 0 Å². The number of ether oxygens (including phenoxy) is 1. The highest BCUT2D eigenvalue weighted by molar-refractivity contribution is 6.40. The van der Waals surface area contributed by atoms with Crippen LogP contribution in [0, 0.1) is 0 Å². The van der Waals surface area contributed by atoms with Crippen LogP contribution in [0.1, 0.15) is 10.5 Å². The van der Waals surface area contributed by atoms with Crippen molar-refractivity contribution in [3.05, 3.63) is 76.5 Å². The minimum atomic E-state index is -0.413. The Morgan fingerprint density at radius 1 is 1.04 bits per heavy atom. The van der Waals surface area contributed by atoms with E-state index < -0.39 is 5.91 Å². The molecule has 0 aliphatic carbocycles. The number of para-hydroxylation sites is 3. The Bertz CT molecular complexity index is 927. The maximum Gasteiger partial charge on any atom is 0.274 e. The van der Waals surface area contributed by atoms with E-state index in [2.05, 4.69) is 15.6 Å². The van der Waals surface area contributed by atoms with Crippen LogP contribution in [0.25, 0.3) is 0 Å². The van der Waals surface area contributed by atoms with Crippen molar-refractivity contribution in [2.24, 2.45) is 0 Å². The Hall–Kier alpha value is -2.76. The molecule has 0 aliphatic heterocycles. The summed E-state index contributed by atoms with van der Waals surface area (Å²) < 4.78 is 5.31. The van der Waals surface area contributed by atoms with E-state index in [1.165, 1.54) is 0 Å². The van der Waals surface area contributed by atoms with Gasteiger partial charge in [-0.2, -0.15) is 0 Å². The maximum atomic E-state index is 12.5. The Morgan fingerprint density at radius 2 is 1.77 bits per heavy atom. The van der Waals surface area contributed by atoms with Gasteiger partial charge in [0, 0.05) is 11.9 Å². The molecule has 2 aromatic carbocycles. The summed E-state index contributed by atoms with van der Waals surface area (Å²) >= 11 is 12.2. The van der Waals surface area contributed by atoms with Crippen molar-refractivity contribution < 1.29 is 9.53 Å². The third-order valence-electron chi connectivity index (χ3n) is 3.58. The van der Waals surface area contributed by atoms with Crippen molar-refractivity contribution in [3.8, 4) is 5.75 Å². The lowest BCUT2D eigenvalue weighted by atomic mass is 10.2. The molecule has 0 atom stereocenters. The predicted molar refractivity (Wildman–Crippen MR) is 105 cm³/mol. The molecule has 1 heterocycles. The van der Waals surface area contributed by atoms with Gasteiger partial charge in [-0.1, -0.05) is 41.4 Å². The summed E-state index contributed by atoms with van der Waals surface area (Å²) in [6, 6.07) is 15.9. The lowest BCUT2D eigenvalue weighted by molar-refractivity contribution is 0.102. The topological polar surface area (TPSA) is 63.2 Å². The zero-order valence-electron chi connectivity index (χ0n) is 13.8. The van der Waals surface area contributed by atoms with Crippen LogP contribution in [-0.2, 0) is 0 Å². The van der Waals surface area contributed by atoms with Crippen LogP contribution in [0.5, 0.6) is 5.75 Å². The highest BCUT2D eigenvalue weighted by Crippen LogP contribution is 2.30. The molecular weight excluding hydrogens is 373 g/mol. The van der Waals surface area contributed by atoms with Gasteiger partial charge in [-0.3, -0.25) is 9.78 Å². The monoisotopic (exact) mass is 387 g/mol. The molecule has 2 N–H and O–H groups in total. The summed E-state index contributed by atoms with van der Waals surface area (Å²) in [5.41, 5.74) is 2.05. The Kier molecular flexibility index (Phi) is 5.61. The number of pyridine rings is 1. The van der Waals surface area contributed by atoms with Crippen molar-refractivity contribution in [1.82, 2.24) is 4.98 Å². The second-order valence-corrected chi connectivity index (χ2v) is 6.12. The number of hydrogen-bond acceptors (Lipinski definition) is 4. The molecule has 1 aromatic heterocycles. The molecule has 0 saturated carbocycles. The Morgan fingerprint density at radius 3 is 2.50 bits per heavy atom. The lowest BCUT2D eigenvalue weighted by Gasteiger charge is -2.12. The molecule has 3 aromatic rings. The van der Waals surface area contributed by atoms with E-state index >= 15 is 0 Å². The van der Waals surface area contributed by atoms with E-state index in [4.69, 9.17) is 27.9 Å². The van der Waals surface area contributed by atoms with E-state index in [0.29, 0.717) is 27.2 Å². The molecule has 0 unspecified atom stereocenters. The fraction of sp³-hybridized carbons (Fsp3) is 0.0526. The van der Waals surface area contributed by atoms with Gasteiger partial charge >= 0.3 is 0 Å². The van der Waals surface area contributed by atoms with Crippen LogP contribution >= 0.6 is 23.2 Å². The van der Waals surface area contributed by atoms with Crippen molar-refractivity contribution >= 4 is 46.2 Å². The zero-order chi connectivity index (χ0) is 18.5. The summed E-state index contributed by atoms with van der Waals surface area (Å²) in [6.07, 6.45) is 1.54. The molecule has 3 rings (SSSR count). The standard InChI is InChI=1S/C19H15Cl2N3O2/c1-26-17-8-3-2-7-15(17)23-12-9-10-22-16(11-12)19(25)24-18-13(20)5-4-6-14(18)21/h2-11H,1H3,(H,22,23)(H,24,25). The van der Waals surface area contributed by atoms with Crippen LogP contribution in [0.3, 0.4) is 0 Å². The molecule has 1 amide bonds. The van der Waals surface area contributed by atoms with Gasteiger partial charge in [0.25, 0.3) is 5.91 Å². The number of hydrogen-bond donors (Lipinski definition) is 2. The molecule has 132 valence electrons. The van der Waals surface area contributed by atoms with E-state index in [-0.39, 0.29) is 5.69 Å². The Labute approximate surface area is 160 Å². The molecule has 0 radical (unpaired) electrons. The van der Waals surface area contributed by atoms with Crippen molar-refractivity contribution in [2.75, 3.05) is 17.7 Å². The van der Waals surface area contributed by atoms with Gasteiger partial charge in [-0.25, -0.2) is 0 Å². The Balaban J connectivity index is 1.82. The minimum Gasteiger partial charge on any atom is -0.495 e. The van der Waals surface area contributed by atoms with Gasteiger partial charge in [0.15, 0.2) is 0 Å². The molecule has 0 bridgehead atoms. The molecule has 5 nitrogen and oxygen atoms in total. The van der Waals surface area contributed by atoms with Gasteiger partial charge in [0.05, 0.1) is 28.5 Å². The molecule has 0 saturated heterocycles. The quantitative estimate of drug-likeness (QED) is 0.615. The largest absolute Gasteiger partial charge is 0.495 e. The number of halogens is 2. The predicted octanol–water partition coefficient (Wildman–Crippen LogP) is 5.39. The van der Waals surface area contributed by atoms with E-state index in [9.17, 15) is 4.79 Å². The number of anilines is 3. The van der Waals surface area contributed by atoms with Crippen molar-refractivity contribution in [3.63, 3.8) is 0 Å². The van der Waals surface area contributed by atoms with Crippen LogP contribution in [0.2, 0.25) is 10.0 Å². The summed E-state index contributed by atoms with van der Waals surface area (Å²) in [5, 5.41) is 6.61. The molecular formula is C19H15Cl2N3O2. The number of nitrogens with zero attached hydrogens (tertiary/aromatic N) is 1. The molecule has 7 heteroatoms. The fourth-order valence-corrected chi connectivity index (χ4v) is 2.82. The molecule has 0 spiro atoms. The van der Waals surface area contributed by atoms with E-state index in [0.717, 1.165) is 5.69 Å².